The van der Waals surface area contributed by atoms with Gasteiger partial charge in [0.25, 0.3) is 0 Å². The van der Waals surface area contributed by atoms with Gasteiger partial charge in [0.1, 0.15) is 11.5 Å². The summed E-state index contributed by atoms with van der Waals surface area (Å²) < 4.78 is 0. The van der Waals surface area contributed by atoms with Crippen molar-refractivity contribution in [3.05, 3.63) is 52.5 Å². The van der Waals surface area contributed by atoms with Crippen LogP contribution in [-0.2, 0) is 0 Å². The maximum atomic E-state index is 11.1. The van der Waals surface area contributed by atoms with Crippen molar-refractivity contribution in [3.8, 4) is 11.5 Å². The van der Waals surface area contributed by atoms with Gasteiger partial charge in [-0.25, -0.2) is 4.79 Å². The summed E-state index contributed by atoms with van der Waals surface area (Å²) in [7, 11) is 0. The van der Waals surface area contributed by atoms with E-state index in [4.69, 9.17) is 16.7 Å². The Bertz CT molecular complexity index is 698. The van der Waals surface area contributed by atoms with Crippen LogP contribution in [0.1, 0.15) is 15.9 Å². The Balaban J connectivity index is 2.40. The molecule has 0 aromatic heterocycles. The van der Waals surface area contributed by atoms with Crippen LogP contribution >= 0.6 is 11.6 Å². The largest absolute Gasteiger partial charge is 0.508 e. The molecular formula is C14H10ClNO4. The van der Waals surface area contributed by atoms with E-state index in [-0.39, 0.29) is 22.7 Å². The second-order valence-electron chi connectivity index (χ2n) is 3.97. The van der Waals surface area contributed by atoms with Crippen molar-refractivity contribution in [2.75, 3.05) is 0 Å². The zero-order valence-electron chi connectivity index (χ0n) is 10.1. The van der Waals surface area contributed by atoms with Crippen LogP contribution in [0.2, 0.25) is 5.02 Å². The van der Waals surface area contributed by atoms with Gasteiger partial charge in [0.2, 0.25) is 0 Å². The first kappa shape index (κ1) is 13.9. The van der Waals surface area contributed by atoms with E-state index in [0.717, 1.165) is 6.07 Å². The molecule has 0 amide bonds. The lowest BCUT2D eigenvalue weighted by molar-refractivity contribution is 0.0698. The van der Waals surface area contributed by atoms with Gasteiger partial charge in [-0.3, -0.25) is 4.99 Å². The van der Waals surface area contributed by atoms with Crippen LogP contribution in [-0.4, -0.2) is 27.5 Å². The van der Waals surface area contributed by atoms with Gasteiger partial charge in [-0.05, 0) is 30.3 Å². The molecule has 0 aliphatic rings. The number of benzene rings is 2. The fraction of sp³-hybridized carbons (Fsp3) is 0. The Labute approximate surface area is 119 Å². The highest BCUT2D eigenvalue weighted by Gasteiger charge is 2.09. The zero-order chi connectivity index (χ0) is 14.7. The third kappa shape index (κ3) is 3.07. The average Bonchev–Trinajstić information content (AvgIpc) is 2.37. The van der Waals surface area contributed by atoms with E-state index in [0.29, 0.717) is 10.6 Å². The van der Waals surface area contributed by atoms with Crippen molar-refractivity contribution in [2.45, 2.75) is 0 Å². The molecule has 0 unspecified atom stereocenters. The van der Waals surface area contributed by atoms with Crippen molar-refractivity contribution in [2.24, 2.45) is 4.99 Å². The van der Waals surface area contributed by atoms with Gasteiger partial charge >= 0.3 is 5.97 Å². The maximum absolute atomic E-state index is 11.1. The van der Waals surface area contributed by atoms with E-state index in [1.54, 1.807) is 0 Å². The Morgan fingerprint density at radius 1 is 1.15 bits per heavy atom. The lowest BCUT2D eigenvalue weighted by Crippen LogP contribution is -1.96. The Morgan fingerprint density at radius 3 is 2.55 bits per heavy atom. The number of carbonyl (C=O) groups is 1. The average molecular weight is 292 g/mol. The van der Waals surface area contributed by atoms with E-state index < -0.39 is 5.97 Å². The minimum absolute atomic E-state index is 0.00363. The van der Waals surface area contributed by atoms with Crippen LogP contribution in [0.3, 0.4) is 0 Å². The fourth-order valence-corrected chi connectivity index (χ4v) is 1.74. The first-order valence-electron chi connectivity index (χ1n) is 5.56. The molecule has 0 aliphatic heterocycles. The Kier molecular flexibility index (Phi) is 3.91. The van der Waals surface area contributed by atoms with Crippen LogP contribution in [0.15, 0.2) is 41.4 Å². The molecule has 0 atom stereocenters. The predicted octanol–water partition coefficient (Wildman–Crippen LogP) is 3.20. The molecule has 0 heterocycles. The van der Waals surface area contributed by atoms with Crippen LogP contribution in [0.25, 0.3) is 0 Å². The van der Waals surface area contributed by atoms with Gasteiger partial charge in [0, 0.05) is 22.9 Å². The zero-order valence-corrected chi connectivity index (χ0v) is 10.9. The summed E-state index contributed by atoms with van der Waals surface area (Å²) in [5.41, 5.74) is 0.528. The third-order valence-electron chi connectivity index (χ3n) is 2.55. The van der Waals surface area contributed by atoms with E-state index >= 15 is 0 Å². The Hall–Kier alpha value is -2.53. The maximum Gasteiger partial charge on any atom is 0.337 e. The van der Waals surface area contributed by atoms with Crippen molar-refractivity contribution in [3.63, 3.8) is 0 Å². The number of phenolic OH excluding ortho intramolecular Hbond substituents is 2. The number of aromatic hydroxyl groups is 2. The lowest BCUT2D eigenvalue weighted by Gasteiger charge is -2.02. The number of phenols is 2. The van der Waals surface area contributed by atoms with E-state index in [1.807, 2.05) is 0 Å². The molecule has 0 saturated carbocycles. The molecule has 102 valence electrons. The lowest BCUT2D eigenvalue weighted by atomic mass is 10.1. The molecule has 0 bridgehead atoms. The number of carboxylic acid groups (broad SMARTS) is 1. The SMILES string of the molecule is O=C(O)c1ccc(Cl)cc1N=Cc1ccc(O)cc1O. The number of carboxylic acids is 1. The highest BCUT2D eigenvalue weighted by Crippen LogP contribution is 2.25. The molecule has 2 rings (SSSR count). The van der Waals surface area contributed by atoms with E-state index in [1.165, 1.54) is 36.5 Å². The van der Waals surface area contributed by atoms with Crippen molar-refractivity contribution in [1.29, 1.82) is 0 Å². The molecule has 0 saturated heterocycles. The summed E-state index contributed by atoms with van der Waals surface area (Å²) >= 11 is 5.81. The summed E-state index contributed by atoms with van der Waals surface area (Å²) in [6.07, 6.45) is 1.30. The molecule has 0 spiro atoms. The van der Waals surface area contributed by atoms with Crippen LogP contribution in [0.4, 0.5) is 5.69 Å². The standard InChI is InChI=1S/C14H10ClNO4/c15-9-2-4-11(14(19)20)12(5-9)16-7-8-1-3-10(17)6-13(8)18/h1-7,17-18H,(H,19,20). The number of hydrogen-bond donors (Lipinski definition) is 3. The number of hydrogen-bond acceptors (Lipinski definition) is 4. The highest BCUT2D eigenvalue weighted by molar-refractivity contribution is 6.31. The topological polar surface area (TPSA) is 90.1 Å². The van der Waals surface area contributed by atoms with Crippen molar-refractivity contribution >= 4 is 29.5 Å². The molecule has 5 nitrogen and oxygen atoms in total. The summed E-state index contributed by atoms with van der Waals surface area (Å²) in [6, 6.07) is 8.24. The predicted molar refractivity (Wildman–Crippen MR) is 75.4 cm³/mol. The van der Waals surface area contributed by atoms with E-state index in [9.17, 15) is 15.0 Å². The molecule has 6 heteroatoms. The fourth-order valence-electron chi connectivity index (χ4n) is 1.57. The third-order valence-corrected chi connectivity index (χ3v) is 2.78. The molecular weight excluding hydrogens is 282 g/mol. The van der Waals surface area contributed by atoms with Crippen molar-refractivity contribution in [1.82, 2.24) is 0 Å². The number of halogens is 1. The van der Waals surface area contributed by atoms with Gasteiger partial charge < -0.3 is 15.3 Å². The molecule has 2 aromatic rings. The number of rotatable bonds is 3. The second kappa shape index (κ2) is 5.63. The first-order valence-corrected chi connectivity index (χ1v) is 5.94. The van der Waals surface area contributed by atoms with Gasteiger partial charge in [-0.1, -0.05) is 11.6 Å². The molecule has 0 radical (unpaired) electrons. The minimum Gasteiger partial charge on any atom is -0.508 e. The van der Waals surface area contributed by atoms with Gasteiger partial charge in [0.05, 0.1) is 11.3 Å². The molecule has 2 aromatic carbocycles. The number of nitrogens with zero attached hydrogens (tertiary/aromatic N) is 1. The van der Waals surface area contributed by atoms with Gasteiger partial charge in [-0.2, -0.15) is 0 Å². The molecule has 0 aliphatic carbocycles. The van der Waals surface area contributed by atoms with Crippen LogP contribution in [0.5, 0.6) is 11.5 Å². The number of aliphatic imine (C=N–C) groups is 1. The smallest absolute Gasteiger partial charge is 0.337 e. The minimum atomic E-state index is -1.12. The normalized spacial score (nSPS) is 10.8. The monoisotopic (exact) mass is 291 g/mol. The summed E-state index contributed by atoms with van der Waals surface area (Å²) in [5, 5.41) is 28.2. The van der Waals surface area contributed by atoms with E-state index in [2.05, 4.69) is 4.99 Å². The Morgan fingerprint density at radius 2 is 1.90 bits per heavy atom. The van der Waals surface area contributed by atoms with Gasteiger partial charge in [0.15, 0.2) is 0 Å². The highest BCUT2D eigenvalue weighted by atomic mass is 35.5. The summed E-state index contributed by atoms with van der Waals surface area (Å²) in [4.78, 5) is 15.1. The first-order chi connectivity index (χ1) is 9.47. The quantitative estimate of drug-likeness (QED) is 0.757. The van der Waals surface area contributed by atoms with Gasteiger partial charge in [-0.15, -0.1) is 0 Å². The molecule has 20 heavy (non-hydrogen) atoms. The van der Waals surface area contributed by atoms with Crippen LogP contribution < -0.4 is 0 Å². The number of aromatic carboxylic acids is 1. The molecule has 3 N–H and O–H groups in total. The summed E-state index contributed by atoms with van der Waals surface area (Å²) in [6.45, 7) is 0. The van der Waals surface area contributed by atoms with Crippen molar-refractivity contribution < 1.29 is 20.1 Å². The summed E-state index contributed by atoms with van der Waals surface area (Å²) in [5.74, 6) is -1.36. The second-order valence-corrected chi connectivity index (χ2v) is 4.40. The molecule has 0 fully saturated rings. The van der Waals surface area contributed by atoms with Crippen LogP contribution in [0, 0.1) is 0 Å².